The number of nitro benzene ring substituents is 1. The number of benzene rings is 1. The highest BCUT2D eigenvalue weighted by atomic mass is 16.6. The second-order valence-corrected chi connectivity index (χ2v) is 4.99. The minimum atomic E-state index is -0.499. The van der Waals surface area contributed by atoms with Gasteiger partial charge in [0, 0.05) is 30.4 Å². The number of nitrogens with one attached hydrogen (secondary N) is 1. The van der Waals surface area contributed by atoms with E-state index in [1.54, 1.807) is 6.92 Å². The highest BCUT2D eigenvalue weighted by Crippen LogP contribution is 2.21. The summed E-state index contributed by atoms with van der Waals surface area (Å²) in [5.74, 6) is -0.480. The lowest BCUT2D eigenvalue weighted by Crippen LogP contribution is -2.26. The van der Waals surface area contributed by atoms with Crippen molar-refractivity contribution in [2.24, 2.45) is 0 Å². The maximum Gasteiger partial charge on any atom is 0.276 e. The molecule has 0 radical (unpaired) electrons. The molecule has 1 N–H and O–H groups in total. The fourth-order valence-electron chi connectivity index (χ4n) is 2.03. The summed E-state index contributed by atoms with van der Waals surface area (Å²) in [6.07, 6.45) is 0.722. The molecular formula is C15H16N4O4. The molecule has 8 heteroatoms. The van der Waals surface area contributed by atoms with Gasteiger partial charge in [-0.1, -0.05) is 6.92 Å². The molecule has 1 aromatic heterocycles. The molecule has 0 saturated heterocycles. The van der Waals surface area contributed by atoms with E-state index >= 15 is 0 Å². The average Bonchev–Trinajstić information content (AvgIpc) is 2.51. The van der Waals surface area contributed by atoms with E-state index in [1.807, 2.05) is 6.92 Å². The zero-order valence-corrected chi connectivity index (χ0v) is 12.8. The van der Waals surface area contributed by atoms with Crippen molar-refractivity contribution in [2.75, 3.05) is 5.32 Å². The minimum absolute atomic E-state index is 0.0462. The van der Waals surface area contributed by atoms with Crippen molar-refractivity contribution in [1.82, 2.24) is 9.78 Å². The van der Waals surface area contributed by atoms with Gasteiger partial charge in [0.15, 0.2) is 0 Å². The number of nitrogens with zero attached hydrogens (tertiary/aromatic N) is 3. The van der Waals surface area contributed by atoms with Crippen molar-refractivity contribution < 1.29 is 9.72 Å². The Labute approximate surface area is 131 Å². The lowest BCUT2D eigenvalue weighted by Gasteiger charge is -2.09. The second kappa shape index (κ2) is 6.82. The van der Waals surface area contributed by atoms with Crippen molar-refractivity contribution in [1.29, 1.82) is 0 Å². The van der Waals surface area contributed by atoms with Gasteiger partial charge in [0.2, 0.25) is 0 Å². The fraction of sp³-hybridized carbons (Fsp3) is 0.267. The van der Waals surface area contributed by atoms with Crippen LogP contribution in [0.25, 0.3) is 0 Å². The molecule has 8 nitrogen and oxygen atoms in total. The number of hydrogen-bond acceptors (Lipinski definition) is 5. The van der Waals surface area contributed by atoms with Gasteiger partial charge in [-0.25, -0.2) is 4.68 Å². The highest BCUT2D eigenvalue weighted by molar-refractivity contribution is 6.03. The number of aryl methyl sites for hydroxylation is 2. The van der Waals surface area contributed by atoms with E-state index in [0.717, 1.165) is 6.42 Å². The smallest absolute Gasteiger partial charge is 0.276 e. The third-order valence-corrected chi connectivity index (χ3v) is 3.20. The predicted octanol–water partition coefficient (Wildman–Crippen LogP) is 2.12. The van der Waals surface area contributed by atoms with Crippen LogP contribution in [0.5, 0.6) is 0 Å². The molecule has 0 aliphatic carbocycles. The van der Waals surface area contributed by atoms with Crippen LogP contribution >= 0.6 is 0 Å². The predicted molar refractivity (Wildman–Crippen MR) is 84.6 cm³/mol. The monoisotopic (exact) mass is 316 g/mol. The Bertz CT molecular complexity index is 813. The van der Waals surface area contributed by atoms with Crippen LogP contribution < -0.4 is 10.9 Å². The molecule has 0 saturated carbocycles. The number of anilines is 1. The Hall–Kier alpha value is -3.03. The van der Waals surface area contributed by atoms with Crippen molar-refractivity contribution in [3.05, 3.63) is 62.1 Å². The Morgan fingerprint density at radius 2 is 2.09 bits per heavy atom. The van der Waals surface area contributed by atoms with Gasteiger partial charge in [-0.05, 0) is 31.0 Å². The van der Waals surface area contributed by atoms with Crippen LogP contribution in [0.1, 0.15) is 29.4 Å². The van der Waals surface area contributed by atoms with Crippen LogP contribution in [-0.4, -0.2) is 20.6 Å². The summed E-state index contributed by atoms with van der Waals surface area (Å²) in [6.45, 7) is 3.99. The first-order chi connectivity index (χ1) is 10.9. The maximum absolute atomic E-state index is 12.2. The number of amides is 1. The zero-order valence-electron chi connectivity index (χ0n) is 12.8. The van der Waals surface area contributed by atoms with Crippen LogP contribution in [0.2, 0.25) is 0 Å². The number of nitro groups is 1. The first-order valence-electron chi connectivity index (χ1n) is 7.07. The number of aromatic nitrogens is 2. The van der Waals surface area contributed by atoms with E-state index in [4.69, 9.17) is 0 Å². The first kappa shape index (κ1) is 16.3. The standard InChI is InChI=1S/C15H16N4O4/c1-3-8-18-14(20)7-6-13(17-18)15(21)16-12-5-4-11(19(22)23)9-10(12)2/h4-7,9H,3,8H2,1-2H3,(H,16,21). The van der Waals surface area contributed by atoms with Crippen LogP contribution in [0.4, 0.5) is 11.4 Å². The summed E-state index contributed by atoms with van der Waals surface area (Å²) in [5, 5.41) is 17.4. The highest BCUT2D eigenvalue weighted by Gasteiger charge is 2.13. The van der Waals surface area contributed by atoms with Crippen molar-refractivity contribution in [2.45, 2.75) is 26.8 Å². The van der Waals surface area contributed by atoms with Crippen LogP contribution in [0, 0.1) is 17.0 Å². The molecule has 0 aliphatic rings. The molecule has 1 aromatic carbocycles. The molecule has 2 aromatic rings. The third kappa shape index (κ3) is 3.79. The average molecular weight is 316 g/mol. The minimum Gasteiger partial charge on any atom is -0.320 e. The van der Waals surface area contributed by atoms with Gasteiger partial charge >= 0.3 is 0 Å². The van der Waals surface area contributed by atoms with Crippen LogP contribution in [0.15, 0.2) is 35.1 Å². The Kier molecular flexibility index (Phi) is 4.85. The van der Waals surface area contributed by atoms with Gasteiger partial charge < -0.3 is 5.32 Å². The quantitative estimate of drug-likeness (QED) is 0.671. The van der Waals surface area contributed by atoms with Crippen molar-refractivity contribution in [3.63, 3.8) is 0 Å². The second-order valence-electron chi connectivity index (χ2n) is 4.99. The number of carbonyl (C=O) groups is 1. The summed E-state index contributed by atoms with van der Waals surface area (Å²) >= 11 is 0. The lowest BCUT2D eigenvalue weighted by atomic mass is 10.1. The molecule has 0 aliphatic heterocycles. The van der Waals surface area contributed by atoms with E-state index in [-0.39, 0.29) is 16.9 Å². The maximum atomic E-state index is 12.2. The number of hydrogen-bond donors (Lipinski definition) is 1. The molecule has 1 amide bonds. The molecule has 23 heavy (non-hydrogen) atoms. The van der Waals surface area contributed by atoms with E-state index in [1.165, 1.54) is 35.0 Å². The number of carbonyl (C=O) groups excluding carboxylic acids is 1. The summed E-state index contributed by atoms with van der Waals surface area (Å²) in [7, 11) is 0. The summed E-state index contributed by atoms with van der Waals surface area (Å²) in [4.78, 5) is 34.0. The van der Waals surface area contributed by atoms with E-state index in [0.29, 0.717) is 17.8 Å². The third-order valence-electron chi connectivity index (χ3n) is 3.20. The Balaban J connectivity index is 2.24. The van der Waals surface area contributed by atoms with Gasteiger partial charge in [-0.2, -0.15) is 5.10 Å². The Morgan fingerprint density at radius 1 is 1.35 bits per heavy atom. The van der Waals surface area contributed by atoms with Gasteiger partial charge in [0.1, 0.15) is 5.69 Å². The molecule has 0 fully saturated rings. The molecule has 2 rings (SSSR count). The molecule has 0 unspecified atom stereocenters. The number of non-ortho nitro benzene ring substituents is 1. The summed E-state index contributed by atoms with van der Waals surface area (Å²) < 4.78 is 1.23. The lowest BCUT2D eigenvalue weighted by molar-refractivity contribution is -0.384. The van der Waals surface area contributed by atoms with E-state index in [2.05, 4.69) is 10.4 Å². The van der Waals surface area contributed by atoms with Gasteiger partial charge in [-0.3, -0.25) is 19.7 Å². The summed E-state index contributed by atoms with van der Waals surface area (Å²) in [5.41, 5.74) is 0.811. The molecule has 120 valence electrons. The number of rotatable bonds is 5. The Morgan fingerprint density at radius 3 is 2.70 bits per heavy atom. The topological polar surface area (TPSA) is 107 Å². The van der Waals surface area contributed by atoms with Crippen LogP contribution in [0.3, 0.4) is 0 Å². The van der Waals surface area contributed by atoms with Crippen molar-refractivity contribution in [3.8, 4) is 0 Å². The first-order valence-corrected chi connectivity index (χ1v) is 7.07. The van der Waals surface area contributed by atoms with Gasteiger partial charge in [-0.15, -0.1) is 0 Å². The molecule has 0 spiro atoms. The van der Waals surface area contributed by atoms with Gasteiger partial charge in [0.25, 0.3) is 17.2 Å². The molecule has 0 bridgehead atoms. The molecule has 0 atom stereocenters. The largest absolute Gasteiger partial charge is 0.320 e. The van der Waals surface area contributed by atoms with E-state index < -0.39 is 10.8 Å². The SMILES string of the molecule is CCCn1nc(C(=O)Nc2ccc([N+](=O)[O-])cc2C)ccc1=O. The molecular weight excluding hydrogens is 300 g/mol. The zero-order chi connectivity index (χ0) is 17.0. The fourth-order valence-corrected chi connectivity index (χ4v) is 2.03. The molecule has 1 heterocycles. The summed E-state index contributed by atoms with van der Waals surface area (Å²) in [6, 6.07) is 6.80. The van der Waals surface area contributed by atoms with Crippen molar-refractivity contribution >= 4 is 17.3 Å². The van der Waals surface area contributed by atoms with Gasteiger partial charge in [0.05, 0.1) is 4.92 Å². The van der Waals surface area contributed by atoms with E-state index in [9.17, 15) is 19.7 Å². The normalized spacial score (nSPS) is 10.3. The van der Waals surface area contributed by atoms with Crippen LogP contribution in [-0.2, 0) is 6.54 Å².